The third kappa shape index (κ3) is 3.32. The topological polar surface area (TPSA) is 43.4 Å². The highest BCUT2D eigenvalue weighted by Crippen LogP contribution is 2.27. The van der Waals surface area contributed by atoms with Crippen LogP contribution in [-0.4, -0.2) is 11.9 Å². The van der Waals surface area contributed by atoms with Crippen molar-refractivity contribution in [3.8, 4) is 0 Å². The summed E-state index contributed by atoms with van der Waals surface area (Å²) in [6.07, 6.45) is 5.77. The molecule has 0 aliphatic heterocycles. The number of rotatable bonds is 3. The highest BCUT2D eigenvalue weighted by Gasteiger charge is 2.32. The minimum Gasteiger partial charge on any atom is -0.393 e. The molecule has 92 valence electrons. The van der Waals surface area contributed by atoms with Crippen LogP contribution in [0.1, 0.15) is 59.3 Å². The molecular formula is C13H22O3. The van der Waals surface area contributed by atoms with Crippen LogP contribution in [0.2, 0.25) is 0 Å². The Labute approximate surface area is 97.5 Å². The minimum atomic E-state index is -0.551. The largest absolute Gasteiger partial charge is 0.393 e. The van der Waals surface area contributed by atoms with Crippen molar-refractivity contribution in [2.45, 2.75) is 59.3 Å². The van der Waals surface area contributed by atoms with Gasteiger partial charge in [-0.1, -0.05) is 26.2 Å². The summed E-state index contributed by atoms with van der Waals surface area (Å²) >= 11 is 0. The lowest BCUT2D eigenvalue weighted by Gasteiger charge is -2.23. The summed E-state index contributed by atoms with van der Waals surface area (Å²) in [7, 11) is 0. The van der Waals surface area contributed by atoms with Gasteiger partial charge in [0.15, 0.2) is 0 Å². The molecule has 0 unspecified atom stereocenters. The molecule has 0 aromatic rings. The number of ether oxygens (including phenoxy) is 1. The summed E-state index contributed by atoms with van der Waals surface area (Å²) < 4.78 is 4.97. The SMILES string of the molecule is CCC(C)(C)C(=O)OC(=O)C1CCCCC1. The number of hydrogen-bond acceptors (Lipinski definition) is 3. The Bertz CT molecular complexity index is 262. The molecule has 0 atom stereocenters. The van der Waals surface area contributed by atoms with Gasteiger partial charge in [0.25, 0.3) is 0 Å². The molecule has 1 saturated carbocycles. The average molecular weight is 226 g/mol. The van der Waals surface area contributed by atoms with Crippen LogP contribution in [0.3, 0.4) is 0 Å². The molecule has 0 amide bonds. The van der Waals surface area contributed by atoms with E-state index in [1.165, 1.54) is 6.42 Å². The van der Waals surface area contributed by atoms with E-state index in [9.17, 15) is 9.59 Å². The van der Waals surface area contributed by atoms with E-state index in [1.54, 1.807) is 0 Å². The molecule has 0 heterocycles. The molecule has 1 aliphatic carbocycles. The maximum Gasteiger partial charge on any atom is 0.319 e. The van der Waals surface area contributed by atoms with Gasteiger partial charge in [0.1, 0.15) is 0 Å². The molecule has 0 spiro atoms. The van der Waals surface area contributed by atoms with Crippen LogP contribution in [0, 0.1) is 11.3 Å². The molecule has 0 N–H and O–H groups in total. The zero-order valence-electron chi connectivity index (χ0n) is 10.5. The average Bonchev–Trinajstić information content (AvgIpc) is 2.30. The molecule has 1 rings (SSSR count). The van der Waals surface area contributed by atoms with E-state index in [-0.39, 0.29) is 17.9 Å². The monoisotopic (exact) mass is 226 g/mol. The van der Waals surface area contributed by atoms with E-state index in [1.807, 2.05) is 20.8 Å². The fourth-order valence-electron chi connectivity index (χ4n) is 1.80. The summed E-state index contributed by atoms with van der Waals surface area (Å²) in [5, 5.41) is 0. The van der Waals surface area contributed by atoms with Gasteiger partial charge in [0.05, 0.1) is 11.3 Å². The van der Waals surface area contributed by atoms with Gasteiger partial charge >= 0.3 is 11.9 Å². The second-order valence-electron chi connectivity index (χ2n) is 5.28. The third-order valence-electron chi connectivity index (χ3n) is 3.57. The first-order chi connectivity index (χ1) is 7.47. The van der Waals surface area contributed by atoms with Crippen molar-refractivity contribution in [1.82, 2.24) is 0 Å². The van der Waals surface area contributed by atoms with Crippen molar-refractivity contribution in [3.05, 3.63) is 0 Å². The molecule has 16 heavy (non-hydrogen) atoms. The van der Waals surface area contributed by atoms with Gasteiger partial charge < -0.3 is 4.74 Å². The van der Waals surface area contributed by atoms with E-state index >= 15 is 0 Å². The smallest absolute Gasteiger partial charge is 0.319 e. The highest BCUT2D eigenvalue weighted by molar-refractivity contribution is 5.89. The maximum absolute atomic E-state index is 11.7. The Hall–Kier alpha value is -0.860. The van der Waals surface area contributed by atoms with Crippen LogP contribution in [-0.2, 0) is 14.3 Å². The van der Waals surface area contributed by atoms with Crippen molar-refractivity contribution < 1.29 is 14.3 Å². The lowest BCUT2D eigenvalue weighted by molar-refractivity contribution is -0.169. The van der Waals surface area contributed by atoms with Gasteiger partial charge in [-0.3, -0.25) is 9.59 Å². The molecule has 0 aromatic heterocycles. The standard InChI is InChI=1S/C13H22O3/c1-4-13(2,3)12(15)16-11(14)10-8-6-5-7-9-10/h10H,4-9H2,1-3H3. The van der Waals surface area contributed by atoms with E-state index in [2.05, 4.69) is 0 Å². The minimum absolute atomic E-state index is 0.0506. The first-order valence-electron chi connectivity index (χ1n) is 6.23. The fourth-order valence-corrected chi connectivity index (χ4v) is 1.80. The van der Waals surface area contributed by atoms with E-state index in [0.717, 1.165) is 25.7 Å². The summed E-state index contributed by atoms with van der Waals surface area (Å²) in [4.78, 5) is 23.4. The summed E-state index contributed by atoms with van der Waals surface area (Å²) in [6.45, 7) is 5.54. The van der Waals surface area contributed by atoms with E-state index < -0.39 is 5.41 Å². The van der Waals surface area contributed by atoms with Crippen molar-refractivity contribution >= 4 is 11.9 Å². The maximum atomic E-state index is 11.7. The quantitative estimate of drug-likeness (QED) is 0.548. The van der Waals surface area contributed by atoms with E-state index in [4.69, 9.17) is 4.74 Å². The molecular weight excluding hydrogens is 204 g/mol. The first-order valence-corrected chi connectivity index (χ1v) is 6.23. The van der Waals surface area contributed by atoms with Crippen molar-refractivity contribution in [1.29, 1.82) is 0 Å². The molecule has 0 aromatic carbocycles. The number of hydrogen-bond donors (Lipinski definition) is 0. The Morgan fingerprint density at radius 3 is 2.25 bits per heavy atom. The Morgan fingerprint density at radius 1 is 1.19 bits per heavy atom. The van der Waals surface area contributed by atoms with E-state index in [0.29, 0.717) is 6.42 Å². The lowest BCUT2D eigenvalue weighted by atomic mass is 9.88. The Morgan fingerprint density at radius 2 is 1.75 bits per heavy atom. The van der Waals surface area contributed by atoms with Crippen LogP contribution >= 0.6 is 0 Å². The summed E-state index contributed by atoms with van der Waals surface area (Å²) in [5.74, 6) is -0.748. The zero-order valence-corrected chi connectivity index (χ0v) is 10.5. The molecule has 0 bridgehead atoms. The third-order valence-corrected chi connectivity index (χ3v) is 3.57. The molecule has 3 nitrogen and oxygen atoms in total. The highest BCUT2D eigenvalue weighted by atomic mass is 16.6. The predicted octanol–water partition coefficient (Wildman–Crippen LogP) is 3.07. The second-order valence-corrected chi connectivity index (χ2v) is 5.28. The van der Waals surface area contributed by atoms with Crippen molar-refractivity contribution in [2.24, 2.45) is 11.3 Å². The van der Waals surface area contributed by atoms with Crippen LogP contribution in [0.25, 0.3) is 0 Å². The van der Waals surface area contributed by atoms with Gasteiger partial charge in [-0.05, 0) is 33.1 Å². The van der Waals surface area contributed by atoms with Gasteiger partial charge in [0, 0.05) is 0 Å². The number of carbonyl (C=O) groups is 2. The number of carbonyl (C=O) groups excluding carboxylic acids is 2. The van der Waals surface area contributed by atoms with Gasteiger partial charge in [-0.2, -0.15) is 0 Å². The van der Waals surface area contributed by atoms with Crippen LogP contribution in [0.15, 0.2) is 0 Å². The molecule has 0 saturated heterocycles. The van der Waals surface area contributed by atoms with Crippen LogP contribution in [0.5, 0.6) is 0 Å². The predicted molar refractivity (Wildman–Crippen MR) is 61.7 cm³/mol. The van der Waals surface area contributed by atoms with Crippen LogP contribution in [0.4, 0.5) is 0 Å². The number of esters is 2. The Kier molecular flexibility index (Phi) is 4.51. The Balaban J connectivity index is 2.47. The van der Waals surface area contributed by atoms with Gasteiger partial charge in [-0.15, -0.1) is 0 Å². The zero-order chi connectivity index (χ0) is 12.2. The second kappa shape index (κ2) is 5.46. The van der Waals surface area contributed by atoms with Gasteiger partial charge in [0.2, 0.25) is 0 Å². The van der Waals surface area contributed by atoms with Crippen molar-refractivity contribution in [2.75, 3.05) is 0 Å². The first kappa shape index (κ1) is 13.2. The van der Waals surface area contributed by atoms with Crippen molar-refractivity contribution in [3.63, 3.8) is 0 Å². The fraction of sp³-hybridized carbons (Fsp3) is 0.846. The van der Waals surface area contributed by atoms with Crippen LogP contribution < -0.4 is 0 Å². The molecule has 0 radical (unpaired) electrons. The molecule has 3 heteroatoms. The molecule has 1 aliphatic rings. The van der Waals surface area contributed by atoms with Gasteiger partial charge in [-0.25, -0.2) is 0 Å². The lowest BCUT2D eigenvalue weighted by Crippen LogP contribution is -2.31. The summed E-state index contributed by atoms with van der Waals surface area (Å²) in [5.41, 5.74) is -0.551. The normalized spacial score (nSPS) is 18.2. The summed E-state index contributed by atoms with van der Waals surface area (Å²) in [6, 6.07) is 0. The molecule has 1 fully saturated rings.